The quantitative estimate of drug-likeness (QED) is 0.710. The lowest BCUT2D eigenvalue weighted by atomic mass is 10.1. The minimum Gasteiger partial charge on any atom is -0.329 e. The van der Waals surface area contributed by atoms with Gasteiger partial charge in [-0.3, -0.25) is 4.79 Å². The van der Waals surface area contributed by atoms with Crippen molar-refractivity contribution in [1.82, 2.24) is 24.5 Å². The normalized spacial score (nSPS) is 15.2. The highest BCUT2D eigenvalue weighted by atomic mass is 16.2. The van der Waals surface area contributed by atoms with E-state index in [0.717, 1.165) is 17.0 Å². The van der Waals surface area contributed by atoms with E-state index in [-0.39, 0.29) is 17.8 Å². The first kappa shape index (κ1) is 16.7. The Morgan fingerprint density at radius 2 is 1.96 bits per heavy atom. The molecule has 134 valence electrons. The molecule has 2 heterocycles. The van der Waals surface area contributed by atoms with Crippen LogP contribution in [0, 0.1) is 19.8 Å². The van der Waals surface area contributed by atoms with Crippen LogP contribution < -0.4 is 0 Å². The fourth-order valence-corrected chi connectivity index (χ4v) is 3.40. The van der Waals surface area contributed by atoms with Crippen molar-refractivity contribution >= 4 is 11.7 Å². The van der Waals surface area contributed by atoms with Crippen molar-refractivity contribution in [3.05, 3.63) is 59.2 Å². The van der Waals surface area contributed by atoms with Gasteiger partial charge < -0.3 is 4.90 Å². The average Bonchev–Trinajstić information content (AvgIpc) is 3.39. The summed E-state index contributed by atoms with van der Waals surface area (Å²) in [6.07, 6.45) is 2.36. The van der Waals surface area contributed by atoms with Crippen molar-refractivity contribution in [2.24, 2.45) is 5.92 Å². The van der Waals surface area contributed by atoms with Crippen molar-refractivity contribution in [2.45, 2.75) is 46.2 Å². The molecule has 6 nitrogen and oxygen atoms in total. The van der Waals surface area contributed by atoms with Gasteiger partial charge in [-0.1, -0.05) is 30.3 Å². The van der Waals surface area contributed by atoms with Gasteiger partial charge in [0.1, 0.15) is 0 Å². The third-order valence-electron chi connectivity index (χ3n) is 5.06. The molecular weight excluding hydrogens is 326 g/mol. The van der Waals surface area contributed by atoms with Gasteiger partial charge in [-0.05, 0) is 51.2 Å². The Balaban J connectivity index is 1.68. The second kappa shape index (κ2) is 6.52. The summed E-state index contributed by atoms with van der Waals surface area (Å²) in [5.41, 5.74) is 2.90. The summed E-state index contributed by atoms with van der Waals surface area (Å²) in [4.78, 5) is 24.0. The summed E-state index contributed by atoms with van der Waals surface area (Å²) >= 11 is 0. The topological polar surface area (TPSA) is 63.4 Å². The van der Waals surface area contributed by atoms with E-state index in [1.807, 2.05) is 55.1 Å². The van der Waals surface area contributed by atoms with Crippen LogP contribution in [0.4, 0.5) is 0 Å². The van der Waals surface area contributed by atoms with Crippen LogP contribution >= 0.6 is 0 Å². The standard InChI is InChI=1S/C20H23N5O/c1-13-11-14(2)25-20(21-13)22-18(23-25)19(26)24(15(3)17-9-10-17)12-16-7-5-4-6-8-16/h4-8,11,15,17H,9-10,12H2,1-3H3/t15-/m1/s1. The van der Waals surface area contributed by atoms with Crippen LogP contribution in [0.3, 0.4) is 0 Å². The lowest BCUT2D eigenvalue weighted by Gasteiger charge is -2.28. The molecule has 0 unspecified atom stereocenters. The molecule has 26 heavy (non-hydrogen) atoms. The van der Waals surface area contributed by atoms with Crippen LogP contribution in [0.2, 0.25) is 0 Å². The predicted molar refractivity (Wildman–Crippen MR) is 98.8 cm³/mol. The molecule has 1 atom stereocenters. The molecular formula is C20H23N5O. The summed E-state index contributed by atoms with van der Waals surface area (Å²) in [6, 6.07) is 12.2. The number of rotatable bonds is 5. The third kappa shape index (κ3) is 3.19. The van der Waals surface area contributed by atoms with Gasteiger partial charge >= 0.3 is 0 Å². The van der Waals surface area contributed by atoms with E-state index in [1.54, 1.807) is 4.52 Å². The molecule has 0 aliphatic heterocycles. The number of carbonyl (C=O) groups is 1. The maximum atomic E-state index is 13.2. The molecule has 2 aromatic heterocycles. The number of amides is 1. The van der Waals surface area contributed by atoms with E-state index in [0.29, 0.717) is 18.2 Å². The van der Waals surface area contributed by atoms with Crippen molar-refractivity contribution in [3.63, 3.8) is 0 Å². The highest BCUT2D eigenvalue weighted by Gasteiger charge is 2.36. The summed E-state index contributed by atoms with van der Waals surface area (Å²) in [7, 11) is 0. The molecule has 0 radical (unpaired) electrons. The molecule has 3 aromatic rings. The summed E-state index contributed by atoms with van der Waals surface area (Å²) in [5, 5.41) is 4.43. The molecule has 1 aliphatic rings. The van der Waals surface area contributed by atoms with Crippen molar-refractivity contribution < 1.29 is 4.79 Å². The second-order valence-electron chi connectivity index (χ2n) is 7.18. The minimum atomic E-state index is -0.129. The van der Waals surface area contributed by atoms with E-state index in [2.05, 4.69) is 22.0 Å². The van der Waals surface area contributed by atoms with Crippen LogP contribution in [0.5, 0.6) is 0 Å². The predicted octanol–water partition coefficient (Wildman–Crippen LogP) is 3.18. The van der Waals surface area contributed by atoms with E-state index in [1.165, 1.54) is 12.8 Å². The first-order valence-corrected chi connectivity index (χ1v) is 9.09. The number of aromatic nitrogens is 4. The molecule has 1 amide bonds. The molecule has 4 rings (SSSR count). The fraction of sp³-hybridized carbons (Fsp3) is 0.400. The van der Waals surface area contributed by atoms with E-state index >= 15 is 0 Å². The first-order chi connectivity index (χ1) is 12.5. The summed E-state index contributed by atoms with van der Waals surface area (Å²) in [5.74, 6) is 1.14. The molecule has 1 saturated carbocycles. The summed E-state index contributed by atoms with van der Waals surface area (Å²) < 4.78 is 1.64. The van der Waals surface area contributed by atoms with Gasteiger partial charge in [-0.25, -0.2) is 9.50 Å². The number of nitrogens with zero attached hydrogens (tertiary/aromatic N) is 5. The monoisotopic (exact) mass is 349 g/mol. The van der Waals surface area contributed by atoms with Gasteiger partial charge in [0.2, 0.25) is 5.82 Å². The molecule has 1 aliphatic carbocycles. The Morgan fingerprint density at radius 1 is 1.23 bits per heavy atom. The van der Waals surface area contributed by atoms with Gasteiger partial charge in [0, 0.05) is 24.0 Å². The van der Waals surface area contributed by atoms with E-state index in [9.17, 15) is 4.79 Å². The van der Waals surface area contributed by atoms with E-state index in [4.69, 9.17) is 0 Å². The summed E-state index contributed by atoms with van der Waals surface area (Å²) in [6.45, 7) is 6.56. The van der Waals surface area contributed by atoms with Crippen LogP contribution in [-0.4, -0.2) is 36.4 Å². The molecule has 0 N–H and O–H groups in total. The van der Waals surface area contributed by atoms with Crippen molar-refractivity contribution in [3.8, 4) is 0 Å². The zero-order valence-electron chi connectivity index (χ0n) is 15.4. The SMILES string of the molecule is Cc1cc(C)n2nc(C(=O)N(Cc3ccccc3)[C@H](C)C3CC3)nc2n1. The Bertz CT molecular complexity index is 945. The number of benzene rings is 1. The fourth-order valence-electron chi connectivity index (χ4n) is 3.40. The highest BCUT2D eigenvalue weighted by Crippen LogP contribution is 2.36. The van der Waals surface area contributed by atoms with Crippen LogP contribution in [0.1, 0.15) is 47.3 Å². The number of carbonyl (C=O) groups excluding carboxylic acids is 1. The zero-order chi connectivity index (χ0) is 18.3. The Kier molecular flexibility index (Phi) is 4.18. The number of aryl methyl sites for hydroxylation is 2. The lowest BCUT2D eigenvalue weighted by Crippen LogP contribution is -2.40. The minimum absolute atomic E-state index is 0.129. The highest BCUT2D eigenvalue weighted by molar-refractivity contribution is 5.91. The van der Waals surface area contributed by atoms with Crippen LogP contribution in [0.15, 0.2) is 36.4 Å². The smallest absolute Gasteiger partial charge is 0.294 e. The molecule has 0 spiro atoms. The molecule has 6 heteroatoms. The van der Waals surface area contributed by atoms with Gasteiger partial charge in [-0.2, -0.15) is 4.98 Å². The maximum absolute atomic E-state index is 13.2. The molecule has 1 fully saturated rings. The second-order valence-corrected chi connectivity index (χ2v) is 7.18. The third-order valence-corrected chi connectivity index (χ3v) is 5.06. The number of fused-ring (bicyclic) bond motifs is 1. The Labute approximate surface area is 152 Å². The number of hydrogen-bond acceptors (Lipinski definition) is 4. The average molecular weight is 349 g/mol. The van der Waals surface area contributed by atoms with Crippen LogP contribution in [-0.2, 0) is 6.54 Å². The number of hydrogen-bond donors (Lipinski definition) is 0. The Hall–Kier alpha value is -2.76. The van der Waals surface area contributed by atoms with Crippen molar-refractivity contribution in [1.29, 1.82) is 0 Å². The van der Waals surface area contributed by atoms with Gasteiger partial charge in [0.25, 0.3) is 11.7 Å². The molecule has 0 bridgehead atoms. The first-order valence-electron chi connectivity index (χ1n) is 9.09. The van der Waals surface area contributed by atoms with Gasteiger partial charge in [-0.15, -0.1) is 5.10 Å². The maximum Gasteiger partial charge on any atom is 0.294 e. The molecule has 0 saturated heterocycles. The van der Waals surface area contributed by atoms with Gasteiger partial charge in [0.15, 0.2) is 0 Å². The van der Waals surface area contributed by atoms with E-state index < -0.39 is 0 Å². The van der Waals surface area contributed by atoms with Crippen LogP contribution in [0.25, 0.3) is 5.78 Å². The molecule has 1 aromatic carbocycles. The lowest BCUT2D eigenvalue weighted by molar-refractivity contribution is 0.0642. The largest absolute Gasteiger partial charge is 0.329 e. The zero-order valence-corrected chi connectivity index (χ0v) is 15.4. The Morgan fingerprint density at radius 3 is 2.65 bits per heavy atom. The van der Waals surface area contributed by atoms with Crippen molar-refractivity contribution in [2.75, 3.05) is 0 Å². The van der Waals surface area contributed by atoms with Gasteiger partial charge in [0.05, 0.1) is 0 Å².